The maximum absolute atomic E-state index is 11.0. The molecule has 0 aromatic heterocycles. The highest BCUT2D eigenvalue weighted by Gasteiger charge is 2.34. The first-order chi connectivity index (χ1) is 9.84. The molecule has 116 valence electrons. The van der Waals surface area contributed by atoms with Crippen LogP contribution in [0, 0.1) is 0 Å². The first-order valence-corrected chi connectivity index (χ1v) is 5.37. The summed E-state index contributed by atoms with van der Waals surface area (Å²) in [5.74, 6) is -11.4. The summed E-state index contributed by atoms with van der Waals surface area (Å²) >= 11 is 0. The van der Waals surface area contributed by atoms with Gasteiger partial charge in [0.15, 0.2) is 0 Å². The number of ketones is 2. The molecule has 0 saturated heterocycles. The quantitative estimate of drug-likeness (QED) is 0.164. The van der Waals surface area contributed by atoms with Crippen molar-refractivity contribution < 1.29 is 53.1 Å². The molecule has 0 aliphatic carbocycles. The minimum Gasteiger partial charge on any atom is -0.380 e. The fourth-order valence-electron chi connectivity index (χ4n) is 0.644. The van der Waals surface area contributed by atoms with Crippen LogP contribution in [0.3, 0.4) is 0 Å². The predicted octanol–water partition coefficient (Wildman–Crippen LogP) is -1.82. The van der Waals surface area contributed by atoms with Gasteiger partial charge in [-0.25, -0.2) is 19.2 Å². The van der Waals surface area contributed by atoms with E-state index in [2.05, 4.69) is 24.3 Å². The van der Waals surface area contributed by atoms with Crippen LogP contribution < -0.4 is 0 Å². The summed E-state index contributed by atoms with van der Waals surface area (Å²) in [6.45, 7) is 2.63. The molecule has 0 amide bonds. The van der Waals surface area contributed by atoms with Gasteiger partial charge in [0.05, 0.1) is 13.2 Å². The second-order valence-electron chi connectivity index (χ2n) is 2.89. The number of carbonyl (C=O) groups excluding carboxylic acids is 6. The Morgan fingerprint density at radius 2 is 0.952 bits per heavy atom. The van der Waals surface area contributed by atoms with Gasteiger partial charge in [0.1, 0.15) is 0 Å². The highest BCUT2D eigenvalue weighted by atomic mass is 17.2. The lowest BCUT2D eigenvalue weighted by Crippen LogP contribution is -2.35. The molecule has 0 spiro atoms. The van der Waals surface area contributed by atoms with Gasteiger partial charge in [-0.1, -0.05) is 0 Å². The molecular formula is C10H10O11. The van der Waals surface area contributed by atoms with Gasteiger partial charge < -0.3 is 4.74 Å². The van der Waals surface area contributed by atoms with Crippen molar-refractivity contribution in [1.29, 1.82) is 0 Å². The SMILES string of the molecule is CCOOC(=O)C(=O)C(=O)OC(=O)C(=O)C(=O)OOCC. The lowest BCUT2D eigenvalue weighted by atomic mass is 10.4. The second kappa shape index (κ2) is 9.28. The van der Waals surface area contributed by atoms with Gasteiger partial charge in [0.25, 0.3) is 0 Å². The van der Waals surface area contributed by atoms with Crippen LogP contribution in [0.15, 0.2) is 0 Å². The molecule has 0 atom stereocenters. The fraction of sp³-hybridized carbons (Fsp3) is 0.400. The minimum atomic E-state index is -2.03. The topological polar surface area (TPSA) is 149 Å². The average Bonchev–Trinajstić information content (AvgIpc) is 2.48. The summed E-state index contributed by atoms with van der Waals surface area (Å²) in [4.78, 5) is 81.6. The number of ether oxygens (including phenoxy) is 1. The number of hydrogen-bond donors (Lipinski definition) is 0. The second-order valence-corrected chi connectivity index (χ2v) is 2.89. The molecule has 0 aromatic rings. The van der Waals surface area contributed by atoms with Crippen LogP contribution in [0.5, 0.6) is 0 Å². The van der Waals surface area contributed by atoms with Gasteiger partial charge in [-0.3, -0.25) is 19.4 Å². The van der Waals surface area contributed by atoms with Crippen molar-refractivity contribution in [3.05, 3.63) is 0 Å². The fourth-order valence-corrected chi connectivity index (χ4v) is 0.644. The van der Waals surface area contributed by atoms with E-state index in [0.29, 0.717) is 0 Å². The van der Waals surface area contributed by atoms with Crippen LogP contribution in [-0.2, 0) is 53.1 Å². The van der Waals surface area contributed by atoms with Crippen LogP contribution in [0.1, 0.15) is 13.8 Å². The van der Waals surface area contributed by atoms with E-state index in [9.17, 15) is 28.8 Å². The molecule has 11 nitrogen and oxygen atoms in total. The zero-order chi connectivity index (χ0) is 16.4. The zero-order valence-corrected chi connectivity index (χ0v) is 10.9. The van der Waals surface area contributed by atoms with Gasteiger partial charge in [0, 0.05) is 0 Å². The summed E-state index contributed by atoms with van der Waals surface area (Å²) in [7, 11) is 0. The monoisotopic (exact) mass is 306 g/mol. The standard InChI is InChI=1S/C10H10O11/c1-3-17-20-9(15)5(11)7(13)19-8(14)6(12)10(16)21-18-4-2/h3-4H2,1-2H3. The van der Waals surface area contributed by atoms with Gasteiger partial charge >= 0.3 is 35.4 Å². The van der Waals surface area contributed by atoms with Crippen molar-refractivity contribution in [2.24, 2.45) is 0 Å². The van der Waals surface area contributed by atoms with E-state index in [1.54, 1.807) is 0 Å². The number of Topliss-reactive ketones (excluding diaryl/α,β-unsaturated/α-hetero) is 2. The van der Waals surface area contributed by atoms with E-state index in [1.807, 2.05) is 0 Å². The first kappa shape index (κ1) is 18.3. The van der Waals surface area contributed by atoms with Crippen molar-refractivity contribution in [3.63, 3.8) is 0 Å². The molecule has 0 aliphatic rings. The Labute approximate surface area is 116 Å². The third-order valence-corrected chi connectivity index (χ3v) is 1.43. The average molecular weight is 306 g/mol. The van der Waals surface area contributed by atoms with Crippen LogP contribution in [0.25, 0.3) is 0 Å². The first-order valence-electron chi connectivity index (χ1n) is 5.37. The maximum Gasteiger partial charge on any atom is 0.420 e. The summed E-state index contributed by atoms with van der Waals surface area (Å²) < 4.78 is 3.69. The summed E-state index contributed by atoms with van der Waals surface area (Å²) in [6, 6.07) is 0. The zero-order valence-electron chi connectivity index (χ0n) is 10.9. The van der Waals surface area contributed by atoms with Gasteiger partial charge in [-0.15, -0.1) is 0 Å². The van der Waals surface area contributed by atoms with E-state index in [0.717, 1.165) is 0 Å². The van der Waals surface area contributed by atoms with Crippen LogP contribution in [0.4, 0.5) is 0 Å². The molecule has 0 heterocycles. The Morgan fingerprint density at radius 1 is 0.619 bits per heavy atom. The van der Waals surface area contributed by atoms with E-state index >= 15 is 0 Å². The highest BCUT2D eigenvalue weighted by Crippen LogP contribution is 1.92. The Bertz CT molecular complexity index is 422. The van der Waals surface area contributed by atoms with Crippen molar-refractivity contribution in [2.75, 3.05) is 13.2 Å². The molecule has 0 aromatic carbocycles. The third kappa shape index (κ3) is 6.35. The number of rotatable bonds is 8. The van der Waals surface area contributed by atoms with Crippen molar-refractivity contribution in [2.45, 2.75) is 13.8 Å². The molecule has 0 N–H and O–H groups in total. The lowest BCUT2D eigenvalue weighted by molar-refractivity contribution is -0.266. The molecule has 11 heteroatoms. The number of hydrogen-bond acceptors (Lipinski definition) is 11. The lowest BCUT2D eigenvalue weighted by Gasteiger charge is -2.01. The number of carbonyl (C=O) groups is 6. The summed E-state index contributed by atoms with van der Waals surface area (Å²) in [6.07, 6.45) is 0. The molecule has 0 fully saturated rings. The third-order valence-electron chi connectivity index (χ3n) is 1.43. The molecular weight excluding hydrogens is 296 g/mol. The minimum absolute atomic E-state index is 0.102. The molecule has 0 rings (SSSR count). The summed E-state index contributed by atoms with van der Waals surface area (Å²) in [5, 5.41) is 0. The van der Waals surface area contributed by atoms with Crippen molar-refractivity contribution in [3.8, 4) is 0 Å². The molecule has 0 unspecified atom stereocenters. The van der Waals surface area contributed by atoms with Crippen LogP contribution in [-0.4, -0.2) is 48.7 Å². The van der Waals surface area contributed by atoms with Crippen LogP contribution >= 0.6 is 0 Å². The predicted molar refractivity (Wildman–Crippen MR) is 56.5 cm³/mol. The van der Waals surface area contributed by atoms with Crippen molar-refractivity contribution in [1.82, 2.24) is 0 Å². The Hall–Kier alpha value is -2.66. The molecule has 21 heavy (non-hydrogen) atoms. The number of esters is 2. The molecule has 0 bridgehead atoms. The van der Waals surface area contributed by atoms with E-state index < -0.39 is 35.4 Å². The van der Waals surface area contributed by atoms with Gasteiger partial charge in [0.2, 0.25) is 0 Å². The van der Waals surface area contributed by atoms with E-state index in [-0.39, 0.29) is 13.2 Å². The molecule has 0 aliphatic heterocycles. The van der Waals surface area contributed by atoms with Gasteiger partial charge in [-0.05, 0) is 13.8 Å². The summed E-state index contributed by atoms with van der Waals surface area (Å²) in [5.41, 5.74) is 0. The van der Waals surface area contributed by atoms with Gasteiger partial charge in [-0.2, -0.15) is 9.78 Å². The highest BCUT2D eigenvalue weighted by molar-refractivity contribution is 6.65. The Morgan fingerprint density at radius 3 is 1.24 bits per heavy atom. The normalized spacial score (nSPS) is 9.43. The maximum atomic E-state index is 11.0. The van der Waals surface area contributed by atoms with E-state index in [1.165, 1.54) is 13.8 Å². The van der Waals surface area contributed by atoms with E-state index in [4.69, 9.17) is 0 Å². The smallest absolute Gasteiger partial charge is 0.380 e. The largest absolute Gasteiger partial charge is 0.420 e. The van der Waals surface area contributed by atoms with Crippen molar-refractivity contribution >= 4 is 35.4 Å². The Kier molecular flexibility index (Phi) is 8.10. The Balaban J connectivity index is 4.46. The molecule has 0 radical (unpaired) electrons. The van der Waals surface area contributed by atoms with Crippen LogP contribution in [0.2, 0.25) is 0 Å². The molecule has 0 saturated carbocycles.